The first-order valence-corrected chi connectivity index (χ1v) is 7.45. The average Bonchev–Trinajstić information content (AvgIpc) is 2.96. The van der Waals surface area contributed by atoms with Crippen LogP contribution >= 0.6 is 11.5 Å². The average molecular weight is 252 g/mol. The van der Waals surface area contributed by atoms with Crippen molar-refractivity contribution in [3.05, 3.63) is 5.82 Å². The summed E-state index contributed by atoms with van der Waals surface area (Å²) in [5.41, 5.74) is 0. The molecule has 0 bridgehead atoms. The minimum atomic E-state index is 0.604. The van der Waals surface area contributed by atoms with Crippen LogP contribution in [0.1, 0.15) is 38.4 Å². The molecule has 3 heterocycles. The van der Waals surface area contributed by atoms with Gasteiger partial charge in [0.05, 0.1) is 0 Å². The Morgan fingerprint density at radius 1 is 1.41 bits per heavy atom. The minimum Gasteiger partial charge on any atom is -0.357 e. The number of aryl methyl sites for hydroxylation is 1. The molecule has 94 valence electrons. The van der Waals surface area contributed by atoms with Crippen LogP contribution < -0.4 is 5.32 Å². The lowest BCUT2D eigenvalue weighted by Crippen LogP contribution is -2.42. The lowest BCUT2D eigenvalue weighted by Gasteiger charge is -2.34. The smallest absolute Gasteiger partial charge is 0.202 e. The molecule has 5 heteroatoms. The van der Waals surface area contributed by atoms with Gasteiger partial charge >= 0.3 is 0 Å². The van der Waals surface area contributed by atoms with Gasteiger partial charge in [0.2, 0.25) is 5.13 Å². The molecule has 1 aromatic rings. The summed E-state index contributed by atoms with van der Waals surface area (Å²) in [5.74, 6) is 0.968. The molecule has 2 aliphatic heterocycles. The van der Waals surface area contributed by atoms with Crippen molar-refractivity contribution < 1.29 is 0 Å². The number of hydrogen-bond donors (Lipinski definition) is 1. The molecule has 0 aromatic carbocycles. The molecule has 0 saturated carbocycles. The van der Waals surface area contributed by atoms with Gasteiger partial charge in [-0.3, -0.25) is 0 Å². The fourth-order valence-corrected chi connectivity index (χ4v) is 3.71. The second kappa shape index (κ2) is 4.90. The number of rotatable bonds is 3. The molecular formula is C12H20N4S. The van der Waals surface area contributed by atoms with Crippen molar-refractivity contribution in [3.8, 4) is 0 Å². The van der Waals surface area contributed by atoms with E-state index in [9.17, 15) is 0 Å². The zero-order chi connectivity index (χ0) is 11.7. The molecule has 2 saturated heterocycles. The Labute approximate surface area is 107 Å². The summed E-state index contributed by atoms with van der Waals surface area (Å²) in [4.78, 5) is 7.14. The molecular weight excluding hydrogens is 232 g/mol. The minimum absolute atomic E-state index is 0.604. The summed E-state index contributed by atoms with van der Waals surface area (Å²) in [5, 5.41) is 4.58. The van der Waals surface area contributed by atoms with E-state index in [-0.39, 0.29) is 0 Å². The molecule has 4 nitrogen and oxygen atoms in total. The van der Waals surface area contributed by atoms with Gasteiger partial charge in [-0.15, -0.1) is 0 Å². The Bertz CT molecular complexity index is 378. The van der Waals surface area contributed by atoms with Gasteiger partial charge in [0.25, 0.3) is 0 Å². The van der Waals surface area contributed by atoms with Gasteiger partial charge in [0.15, 0.2) is 0 Å². The van der Waals surface area contributed by atoms with Gasteiger partial charge in [0.1, 0.15) is 5.82 Å². The molecule has 2 fully saturated rings. The van der Waals surface area contributed by atoms with E-state index in [4.69, 9.17) is 0 Å². The quantitative estimate of drug-likeness (QED) is 0.895. The van der Waals surface area contributed by atoms with Gasteiger partial charge in [-0.25, -0.2) is 4.98 Å². The Balaban J connectivity index is 1.58. The van der Waals surface area contributed by atoms with E-state index in [1.165, 1.54) is 50.3 Å². The molecule has 2 atom stereocenters. The van der Waals surface area contributed by atoms with Crippen LogP contribution in [0.2, 0.25) is 0 Å². The molecule has 0 radical (unpaired) electrons. The van der Waals surface area contributed by atoms with Crippen molar-refractivity contribution in [1.82, 2.24) is 14.3 Å². The van der Waals surface area contributed by atoms with Gasteiger partial charge in [0, 0.05) is 36.6 Å². The monoisotopic (exact) mass is 252 g/mol. The number of piperidine rings is 1. The van der Waals surface area contributed by atoms with Crippen molar-refractivity contribution in [3.63, 3.8) is 0 Å². The van der Waals surface area contributed by atoms with E-state index in [0.717, 1.165) is 23.4 Å². The van der Waals surface area contributed by atoms with E-state index in [1.54, 1.807) is 0 Å². The number of nitrogens with one attached hydrogen (secondary N) is 1. The predicted octanol–water partition coefficient (Wildman–Crippen LogP) is 2.14. The number of hydrogen-bond acceptors (Lipinski definition) is 5. The van der Waals surface area contributed by atoms with E-state index < -0.39 is 0 Å². The molecule has 17 heavy (non-hydrogen) atoms. The number of nitrogens with zero attached hydrogens (tertiary/aromatic N) is 3. The molecule has 1 N–H and O–H groups in total. The first-order chi connectivity index (χ1) is 8.35. The van der Waals surface area contributed by atoms with Gasteiger partial charge in [-0.2, -0.15) is 4.37 Å². The normalized spacial score (nSPS) is 29.2. The van der Waals surface area contributed by atoms with Crippen molar-refractivity contribution >= 4 is 16.7 Å². The van der Waals surface area contributed by atoms with Crippen LogP contribution in [0, 0.1) is 0 Å². The molecule has 1 aromatic heterocycles. The third kappa shape index (κ3) is 2.45. The van der Waals surface area contributed by atoms with Crippen LogP contribution in [0.4, 0.5) is 5.13 Å². The first kappa shape index (κ1) is 11.4. The number of anilines is 1. The lowest BCUT2D eigenvalue weighted by atomic mass is 9.98. The van der Waals surface area contributed by atoms with Crippen LogP contribution in [0.5, 0.6) is 0 Å². The highest BCUT2D eigenvalue weighted by Crippen LogP contribution is 2.28. The Hall–Kier alpha value is -0.680. The van der Waals surface area contributed by atoms with Gasteiger partial charge in [-0.05, 0) is 32.2 Å². The summed E-state index contributed by atoms with van der Waals surface area (Å²) in [6.07, 6.45) is 6.22. The largest absolute Gasteiger partial charge is 0.357 e. The topological polar surface area (TPSA) is 41.1 Å². The van der Waals surface area contributed by atoms with Gasteiger partial charge < -0.3 is 10.2 Å². The molecule has 3 rings (SSSR count). The maximum Gasteiger partial charge on any atom is 0.202 e. The molecule has 0 unspecified atom stereocenters. The van der Waals surface area contributed by atoms with E-state index in [0.29, 0.717) is 6.04 Å². The van der Waals surface area contributed by atoms with Crippen molar-refractivity contribution in [2.75, 3.05) is 18.4 Å². The summed E-state index contributed by atoms with van der Waals surface area (Å²) in [7, 11) is 0. The van der Waals surface area contributed by atoms with Crippen molar-refractivity contribution in [2.24, 2.45) is 0 Å². The number of aromatic nitrogens is 2. The third-order valence-electron chi connectivity index (χ3n) is 3.93. The zero-order valence-electron chi connectivity index (χ0n) is 10.4. The van der Waals surface area contributed by atoms with Crippen molar-refractivity contribution in [1.29, 1.82) is 0 Å². The van der Waals surface area contributed by atoms with E-state index in [2.05, 4.69) is 26.5 Å². The summed E-state index contributed by atoms with van der Waals surface area (Å²) in [6.45, 7) is 4.67. The fraction of sp³-hybridized carbons (Fsp3) is 0.833. The highest BCUT2D eigenvalue weighted by molar-refractivity contribution is 7.09. The van der Waals surface area contributed by atoms with Gasteiger partial charge in [-0.1, -0.05) is 6.92 Å². The first-order valence-electron chi connectivity index (χ1n) is 6.68. The zero-order valence-corrected chi connectivity index (χ0v) is 11.2. The van der Waals surface area contributed by atoms with E-state index in [1.807, 2.05) is 0 Å². The van der Waals surface area contributed by atoms with Crippen LogP contribution in [0.3, 0.4) is 0 Å². The van der Waals surface area contributed by atoms with Crippen LogP contribution in [0.25, 0.3) is 0 Å². The maximum atomic E-state index is 4.49. The number of fused-ring (bicyclic) bond motifs is 1. The Kier molecular flexibility index (Phi) is 3.29. The molecule has 2 aliphatic rings. The van der Waals surface area contributed by atoms with E-state index >= 15 is 0 Å². The summed E-state index contributed by atoms with van der Waals surface area (Å²) < 4.78 is 4.32. The highest BCUT2D eigenvalue weighted by atomic mass is 32.1. The second-order valence-corrected chi connectivity index (χ2v) is 5.82. The predicted molar refractivity (Wildman–Crippen MR) is 70.5 cm³/mol. The lowest BCUT2D eigenvalue weighted by molar-refractivity contribution is 0.188. The van der Waals surface area contributed by atoms with Crippen LogP contribution in [0.15, 0.2) is 0 Å². The van der Waals surface area contributed by atoms with Crippen LogP contribution in [-0.2, 0) is 6.42 Å². The Morgan fingerprint density at radius 3 is 3.18 bits per heavy atom. The molecule has 0 aliphatic carbocycles. The fourth-order valence-electron chi connectivity index (χ4n) is 2.99. The molecule has 0 spiro atoms. The summed E-state index contributed by atoms with van der Waals surface area (Å²) in [6, 6.07) is 1.42. The SMILES string of the molecule is CCc1nsc(N[C@H]2CCN3CCC[C@@H]3C2)n1. The summed E-state index contributed by atoms with van der Waals surface area (Å²) >= 11 is 1.51. The van der Waals surface area contributed by atoms with Crippen molar-refractivity contribution in [2.45, 2.75) is 51.1 Å². The molecule has 0 amide bonds. The Morgan fingerprint density at radius 2 is 2.35 bits per heavy atom. The third-order valence-corrected chi connectivity index (χ3v) is 4.62. The second-order valence-electron chi connectivity index (χ2n) is 5.07. The maximum absolute atomic E-state index is 4.49. The standard InChI is InChI=1S/C12H20N4S/c1-2-11-14-12(17-15-11)13-9-5-7-16-6-3-4-10(16)8-9/h9-10H,2-8H2,1H3,(H,13,14,15)/t9-,10+/m0/s1. The highest BCUT2D eigenvalue weighted by Gasteiger charge is 2.31. The van der Waals surface area contributed by atoms with Crippen LogP contribution in [-0.4, -0.2) is 39.4 Å².